The average Bonchev–Trinajstić information content (AvgIpc) is 2.61. The first-order valence-electron chi connectivity index (χ1n) is 8.18. The lowest BCUT2D eigenvalue weighted by Gasteiger charge is -2.15. The van der Waals surface area contributed by atoms with Gasteiger partial charge in [0, 0.05) is 22.7 Å². The third kappa shape index (κ3) is 2.95. The summed E-state index contributed by atoms with van der Waals surface area (Å²) in [6.45, 7) is 4.13. The van der Waals surface area contributed by atoms with Crippen LogP contribution in [0.4, 0.5) is 5.69 Å². The minimum atomic E-state index is -0.279. The minimum absolute atomic E-state index is 0.257. The number of rotatable bonds is 4. The number of hydrogen-bond acceptors (Lipinski definition) is 2. The number of aromatic nitrogens is 1. The zero-order chi connectivity index (χ0) is 17.1. The highest BCUT2D eigenvalue weighted by Gasteiger charge is 2.15. The summed E-state index contributed by atoms with van der Waals surface area (Å²) in [6, 6.07) is 14.7. The predicted molar refractivity (Wildman–Crippen MR) is 97.7 cm³/mol. The summed E-state index contributed by atoms with van der Waals surface area (Å²) < 4.78 is 0. The maximum Gasteiger partial charge on any atom is 0.256 e. The first-order chi connectivity index (χ1) is 11.6. The maximum atomic E-state index is 12.9. The van der Waals surface area contributed by atoms with Crippen LogP contribution in [0.2, 0.25) is 0 Å². The second kappa shape index (κ2) is 6.71. The minimum Gasteiger partial charge on any atom is -0.322 e. The van der Waals surface area contributed by atoms with E-state index in [1.165, 1.54) is 6.07 Å². The largest absolute Gasteiger partial charge is 0.322 e. The first-order valence-corrected chi connectivity index (χ1v) is 8.18. The van der Waals surface area contributed by atoms with Gasteiger partial charge in [0.1, 0.15) is 0 Å². The summed E-state index contributed by atoms with van der Waals surface area (Å²) in [6.07, 6.45) is 1.67. The quantitative estimate of drug-likeness (QED) is 0.765. The maximum absolute atomic E-state index is 12.9. The zero-order valence-corrected chi connectivity index (χ0v) is 13.8. The fourth-order valence-electron chi connectivity index (χ4n) is 2.98. The van der Waals surface area contributed by atoms with Gasteiger partial charge in [0.25, 0.3) is 5.91 Å². The molecule has 1 heterocycles. The van der Waals surface area contributed by atoms with Crippen LogP contribution >= 0.6 is 0 Å². The van der Waals surface area contributed by atoms with Crippen LogP contribution in [-0.2, 0) is 12.8 Å². The number of hydrogen-bond donors (Lipinski definition) is 2. The molecule has 0 spiro atoms. The molecule has 0 saturated carbocycles. The van der Waals surface area contributed by atoms with Crippen molar-refractivity contribution >= 4 is 22.5 Å². The zero-order valence-electron chi connectivity index (χ0n) is 13.8. The molecular formula is C20H20N2O2. The van der Waals surface area contributed by atoms with E-state index in [1.807, 2.05) is 36.4 Å². The summed E-state index contributed by atoms with van der Waals surface area (Å²) in [7, 11) is 0. The van der Waals surface area contributed by atoms with E-state index in [1.54, 1.807) is 6.07 Å². The van der Waals surface area contributed by atoms with E-state index < -0.39 is 0 Å². The Kier molecular flexibility index (Phi) is 4.47. The summed E-state index contributed by atoms with van der Waals surface area (Å²) in [4.78, 5) is 27.5. The van der Waals surface area contributed by atoms with Crippen LogP contribution in [0.5, 0.6) is 0 Å². The third-order valence-electron chi connectivity index (χ3n) is 4.23. The van der Waals surface area contributed by atoms with Crippen molar-refractivity contribution < 1.29 is 4.79 Å². The number of nitrogens with one attached hydrogen (secondary N) is 2. The van der Waals surface area contributed by atoms with Gasteiger partial charge in [0.2, 0.25) is 5.56 Å². The SMILES string of the molecule is CCc1cccc(CC)c1NC(=O)c1cc(=O)[nH]c2ccccc12. The van der Waals surface area contributed by atoms with E-state index >= 15 is 0 Å². The Labute approximate surface area is 140 Å². The fraction of sp³-hybridized carbons (Fsp3) is 0.200. The Morgan fingerprint density at radius 1 is 1.00 bits per heavy atom. The van der Waals surface area contributed by atoms with E-state index in [4.69, 9.17) is 0 Å². The topological polar surface area (TPSA) is 62.0 Å². The van der Waals surface area contributed by atoms with Crippen LogP contribution < -0.4 is 10.9 Å². The van der Waals surface area contributed by atoms with Gasteiger partial charge in [-0.3, -0.25) is 9.59 Å². The molecule has 4 nitrogen and oxygen atoms in total. The van der Waals surface area contributed by atoms with E-state index in [9.17, 15) is 9.59 Å². The van der Waals surface area contributed by atoms with Crippen LogP contribution in [-0.4, -0.2) is 10.9 Å². The lowest BCUT2D eigenvalue weighted by molar-refractivity contribution is 0.102. The Balaban J connectivity index is 2.08. The molecule has 0 bridgehead atoms. The number of para-hydroxylation sites is 2. The van der Waals surface area contributed by atoms with Gasteiger partial charge in [0.05, 0.1) is 5.56 Å². The van der Waals surface area contributed by atoms with Gasteiger partial charge in [-0.15, -0.1) is 0 Å². The van der Waals surface area contributed by atoms with Crippen molar-refractivity contribution in [2.45, 2.75) is 26.7 Å². The Bertz CT molecular complexity index is 935. The average molecular weight is 320 g/mol. The van der Waals surface area contributed by atoms with Crippen LogP contribution in [0.25, 0.3) is 10.9 Å². The van der Waals surface area contributed by atoms with Crippen molar-refractivity contribution in [2.75, 3.05) is 5.32 Å². The molecule has 2 N–H and O–H groups in total. The van der Waals surface area contributed by atoms with Crippen LogP contribution in [0.1, 0.15) is 35.3 Å². The lowest BCUT2D eigenvalue weighted by atomic mass is 10.0. The van der Waals surface area contributed by atoms with Gasteiger partial charge >= 0.3 is 0 Å². The number of benzene rings is 2. The molecule has 0 fully saturated rings. The van der Waals surface area contributed by atoms with Crippen molar-refractivity contribution in [3.63, 3.8) is 0 Å². The van der Waals surface area contributed by atoms with Crippen LogP contribution in [0.15, 0.2) is 53.3 Å². The lowest BCUT2D eigenvalue weighted by Crippen LogP contribution is -2.18. The van der Waals surface area contributed by atoms with Crippen molar-refractivity contribution in [1.82, 2.24) is 4.98 Å². The first kappa shape index (κ1) is 16.0. The molecule has 3 aromatic rings. The number of anilines is 1. The number of carbonyl (C=O) groups is 1. The number of fused-ring (bicyclic) bond motifs is 1. The normalized spacial score (nSPS) is 10.8. The molecule has 0 unspecified atom stereocenters. The molecule has 1 aromatic heterocycles. The van der Waals surface area contributed by atoms with Gasteiger partial charge in [-0.1, -0.05) is 50.2 Å². The highest BCUT2D eigenvalue weighted by molar-refractivity contribution is 6.12. The van der Waals surface area contributed by atoms with E-state index in [2.05, 4.69) is 24.1 Å². The van der Waals surface area contributed by atoms with E-state index in [-0.39, 0.29) is 11.5 Å². The van der Waals surface area contributed by atoms with Crippen molar-refractivity contribution in [2.24, 2.45) is 0 Å². The van der Waals surface area contributed by atoms with Gasteiger partial charge in [0.15, 0.2) is 0 Å². The fourth-order valence-corrected chi connectivity index (χ4v) is 2.98. The standard InChI is InChI=1S/C20H20N2O2/c1-3-13-8-7-9-14(4-2)19(13)22-20(24)16-12-18(23)21-17-11-6-5-10-15(16)17/h5-12H,3-4H2,1-2H3,(H,21,23)(H,22,24). The Morgan fingerprint density at radius 3 is 2.33 bits per heavy atom. The highest BCUT2D eigenvalue weighted by Crippen LogP contribution is 2.24. The van der Waals surface area contributed by atoms with E-state index in [0.29, 0.717) is 11.1 Å². The molecule has 0 aliphatic rings. The number of carbonyl (C=O) groups excluding carboxylic acids is 1. The van der Waals surface area contributed by atoms with Crippen LogP contribution in [0, 0.1) is 0 Å². The van der Waals surface area contributed by atoms with Gasteiger partial charge in [-0.2, -0.15) is 0 Å². The molecule has 1 amide bonds. The number of H-pyrrole nitrogens is 1. The molecule has 122 valence electrons. The molecule has 2 aromatic carbocycles. The van der Waals surface area contributed by atoms with Gasteiger partial charge < -0.3 is 10.3 Å². The predicted octanol–water partition coefficient (Wildman–Crippen LogP) is 3.91. The van der Waals surface area contributed by atoms with Gasteiger partial charge in [-0.25, -0.2) is 0 Å². The number of aromatic amines is 1. The molecule has 24 heavy (non-hydrogen) atoms. The number of aryl methyl sites for hydroxylation is 2. The summed E-state index contributed by atoms with van der Waals surface area (Å²) in [5.74, 6) is -0.257. The molecule has 0 radical (unpaired) electrons. The molecule has 0 atom stereocenters. The van der Waals surface area contributed by atoms with Crippen molar-refractivity contribution in [1.29, 1.82) is 0 Å². The Morgan fingerprint density at radius 2 is 1.67 bits per heavy atom. The second-order valence-electron chi connectivity index (χ2n) is 5.71. The second-order valence-corrected chi connectivity index (χ2v) is 5.71. The summed E-state index contributed by atoms with van der Waals surface area (Å²) in [5.41, 5.74) is 3.82. The summed E-state index contributed by atoms with van der Waals surface area (Å²) in [5, 5.41) is 3.76. The number of pyridine rings is 1. The van der Waals surface area contributed by atoms with Crippen molar-refractivity contribution in [3.8, 4) is 0 Å². The Hall–Kier alpha value is -2.88. The molecule has 0 aliphatic heterocycles. The third-order valence-corrected chi connectivity index (χ3v) is 4.23. The molecular weight excluding hydrogens is 300 g/mol. The molecule has 3 rings (SSSR count). The van der Waals surface area contributed by atoms with Crippen LogP contribution in [0.3, 0.4) is 0 Å². The highest BCUT2D eigenvalue weighted by atomic mass is 16.2. The van der Waals surface area contributed by atoms with E-state index in [0.717, 1.165) is 35.0 Å². The van der Waals surface area contributed by atoms with Gasteiger partial charge in [-0.05, 0) is 30.0 Å². The number of amides is 1. The molecule has 0 aliphatic carbocycles. The molecule has 4 heteroatoms. The summed E-state index contributed by atoms with van der Waals surface area (Å²) >= 11 is 0. The molecule has 0 saturated heterocycles. The monoisotopic (exact) mass is 320 g/mol. The van der Waals surface area contributed by atoms with Crippen molar-refractivity contribution in [3.05, 3.63) is 75.6 Å². The smallest absolute Gasteiger partial charge is 0.256 e.